The fourth-order valence-electron chi connectivity index (χ4n) is 3.03. The fourth-order valence-corrected chi connectivity index (χ4v) is 3.03. The molecule has 1 atom stereocenters. The molecule has 0 bridgehead atoms. The number of pyridine rings is 1. The second-order valence-corrected chi connectivity index (χ2v) is 6.58. The average Bonchev–Trinajstić information content (AvgIpc) is 2.99. The number of aryl methyl sites for hydroxylation is 1. The molecule has 0 aromatic carbocycles. The summed E-state index contributed by atoms with van der Waals surface area (Å²) in [5.41, 5.74) is -0.0505. The lowest BCUT2D eigenvalue weighted by molar-refractivity contribution is -0.123. The fraction of sp³-hybridized carbons (Fsp3) is 0.471. The number of hydrogen-bond acceptors (Lipinski definition) is 5. The van der Waals surface area contributed by atoms with Gasteiger partial charge in [-0.05, 0) is 37.5 Å². The molecule has 25 heavy (non-hydrogen) atoms. The van der Waals surface area contributed by atoms with Crippen molar-refractivity contribution in [2.24, 2.45) is 0 Å². The van der Waals surface area contributed by atoms with Gasteiger partial charge < -0.3 is 15.3 Å². The standard InChI is InChI=1S/C17H22FN5O2/c1-13-7-21-23(9-13)10-16(24)20-11-17(25)5-2-6-22(12-17)15-4-3-14(18)8-19-15/h3-4,7-9,25H,2,5-6,10-12H2,1H3,(H,20,24)/t17-/m1/s1. The smallest absolute Gasteiger partial charge is 0.241 e. The lowest BCUT2D eigenvalue weighted by Crippen LogP contribution is -2.54. The number of anilines is 1. The van der Waals surface area contributed by atoms with Crippen LogP contribution in [0.15, 0.2) is 30.7 Å². The van der Waals surface area contributed by atoms with E-state index < -0.39 is 11.4 Å². The van der Waals surface area contributed by atoms with Gasteiger partial charge in [0.1, 0.15) is 18.2 Å². The van der Waals surface area contributed by atoms with Crippen molar-refractivity contribution in [2.75, 3.05) is 24.5 Å². The molecule has 0 unspecified atom stereocenters. The van der Waals surface area contributed by atoms with Gasteiger partial charge in [-0.15, -0.1) is 0 Å². The topological polar surface area (TPSA) is 83.3 Å². The Morgan fingerprint density at radius 2 is 2.28 bits per heavy atom. The predicted molar refractivity (Wildman–Crippen MR) is 90.6 cm³/mol. The third-order valence-corrected chi connectivity index (χ3v) is 4.27. The highest BCUT2D eigenvalue weighted by atomic mass is 19.1. The van der Waals surface area contributed by atoms with Crippen molar-refractivity contribution in [3.63, 3.8) is 0 Å². The first-order valence-corrected chi connectivity index (χ1v) is 8.28. The molecule has 0 spiro atoms. The Morgan fingerprint density at radius 1 is 1.44 bits per heavy atom. The lowest BCUT2D eigenvalue weighted by atomic mass is 9.92. The van der Waals surface area contributed by atoms with Gasteiger partial charge in [0.15, 0.2) is 0 Å². The van der Waals surface area contributed by atoms with Crippen LogP contribution in [0.5, 0.6) is 0 Å². The number of aliphatic hydroxyl groups is 1. The van der Waals surface area contributed by atoms with E-state index in [0.29, 0.717) is 18.8 Å². The van der Waals surface area contributed by atoms with Crippen LogP contribution in [0, 0.1) is 12.7 Å². The highest BCUT2D eigenvalue weighted by Crippen LogP contribution is 2.24. The Kier molecular flexibility index (Phi) is 4.98. The number of β-amino-alcohol motifs (C(OH)–C–C–N with tert-alkyl or cyclic N) is 1. The summed E-state index contributed by atoms with van der Waals surface area (Å²) in [6, 6.07) is 2.95. The average molecular weight is 347 g/mol. The Bertz CT molecular complexity index is 733. The zero-order chi connectivity index (χ0) is 17.9. The first-order valence-electron chi connectivity index (χ1n) is 8.28. The Morgan fingerprint density at radius 3 is 2.96 bits per heavy atom. The van der Waals surface area contributed by atoms with Crippen LogP contribution in [0.3, 0.4) is 0 Å². The number of nitrogens with one attached hydrogen (secondary N) is 1. The molecule has 1 fully saturated rings. The van der Waals surface area contributed by atoms with Crippen molar-refractivity contribution in [3.05, 3.63) is 42.1 Å². The van der Waals surface area contributed by atoms with E-state index in [1.54, 1.807) is 23.1 Å². The molecule has 3 heterocycles. The molecule has 0 aliphatic carbocycles. The molecule has 2 N–H and O–H groups in total. The molecule has 1 aliphatic heterocycles. The van der Waals surface area contributed by atoms with Crippen LogP contribution in [0.1, 0.15) is 18.4 Å². The summed E-state index contributed by atoms with van der Waals surface area (Å²) in [7, 11) is 0. The highest BCUT2D eigenvalue weighted by molar-refractivity contribution is 5.75. The Hall–Kier alpha value is -2.48. The van der Waals surface area contributed by atoms with Gasteiger partial charge in [0.2, 0.25) is 5.91 Å². The number of carbonyl (C=O) groups excluding carboxylic acids is 1. The number of halogens is 1. The van der Waals surface area contributed by atoms with Gasteiger partial charge in [-0.25, -0.2) is 9.37 Å². The molecular weight excluding hydrogens is 325 g/mol. The van der Waals surface area contributed by atoms with Crippen LogP contribution >= 0.6 is 0 Å². The molecule has 7 nitrogen and oxygen atoms in total. The van der Waals surface area contributed by atoms with Crippen molar-refractivity contribution in [2.45, 2.75) is 31.9 Å². The molecule has 3 rings (SSSR count). The van der Waals surface area contributed by atoms with Gasteiger partial charge in [0.25, 0.3) is 0 Å². The van der Waals surface area contributed by atoms with Crippen LogP contribution in [0.2, 0.25) is 0 Å². The van der Waals surface area contributed by atoms with E-state index >= 15 is 0 Å². The monoisotopic (exact) mass is 347 g/mol. The van der Waals surface area contributed by atoms with Crippen molar-refractivity contribution in [3.8, 4) is 0 Å². The first kappa shape index (κ1) is 17.3. The Balaban J connectivity index is 1.55. The lowest BCUT2D eigenvalue weighted by Gasteiger charge is -2.39. The summed E-state index contributed by atoms with van der Waals surface area (Å²) < 4.78 is 14.6. The summed E-state index contributed by atoms with van der Waals surface area (Å²) in [6.07, 6.45) is 6.00. The number of aromatic nitrogens is 3. The maximum Gasteiger partial charge on any atom is 0.241 e. The largest absolute Gasteiger partial charge is 0.386 e. The van der Waals surface area contributed by atoms with Gasteiger partial charge >= 0.3 is 0 Å². The van der Waals surface area contributed by atoms with Crippen LogP contribution in [0.25, 0.3) is 0 Å². The summed E-state index contributed by atoms with van der Waals surface area (Å²) in [5, 5.41) is 17.6. The molecule has 0 saturated carbocycles. The van der Waals surface area contributed by atoms with Gasteiger partial charge in [-0.2, -0.15) is 5.10 Å². The molecule has 2 aromatic heterocycles. The maximum atomic E-state index is 13.0. The highest BCUT2D eigenvalue weighted by Gasteiger charge is 2.34. The van der Waals surface area contributed by atoms with E-state index in [1.165, 1.54) is 6.07 Å². The van der Waals surface area contributed by atoms with E-state index in [2.05, 4.69) is 15.4 Å². The maximum absolute atomic E-state index is 13.0. The number of piperidine rings is 1. The first-order chi connectivity index (χ1) is 11.9. The van der Waals surface area contributed by atoms with E-state index in [0.717, 1.165) is 24.7 Å². The SMILES string of the molecule is Cc1cnn(CC(=O)NC[C@]2(O)CCCN(c3ccc(F)cn3)C2)c1. The molecule has 1 saturated heterocycles. The minimum atomic E-state index is -1.04. The second-order valence-electron chi connectivity index (χ2n) is 6.58. The van der Waals surface area contributed by atoms with Gasteiger partial charge in [-0.3, -0.25) is 9.48 Å². The number of hydrogen-bond donors (Lipinski definition) is 2. The molecule has 1 aliphatic rings. The van der Waals surface area contributed by atoms with Gasteiger partial charge in [0.05, 0.1) is 18.0 Å². The second kappa shape index (κ2) is 7.18. The summed E-state index contributed by atoms with van der Waals surface area (Å²) in [4.78, 5) is 18.0. The third-order valence-electron chi connectivity index (χ3n) is 4.27. The van der Waals surface area contributed by atoms with Gasteiger partial charge in [0, 0.05) is 25.8 Å². The Labute approximate surface area is 145 Å². The van der Waals surface area contributed by atoms with E-state index in [-0.39, 0.29) is 19.0 Å². The molecule has 1 amide bonds. The van der Waals surface area contributed by atoms with Crippen molar-refractivity contribution in [1.82, 2.24) is 20.1 Å². The molecule has 0 radical (unpaired) electrons. The minimum absolute atomic E-state index is 0.118. The summed E-state index contributed by atoms with van der Waals surface area (Å²) >= 11 is 0. The van der Waals surface area contributed by atoms with E-state index in [4.69, 9.17) is 0 Å². The van der Waals surface area contributed by atoms with Crippen LogP contribution in [-0.4, -0.2) is 51.0 Å². The van der Waals surface area contributed by atoms with E-state index in [1.807, 2.05) is 11.8 Å². The molecule has 2 aromatic rings. The number of rotatable bonds is 5. The number of nitrogens with zero attached hydrogens (tertiary/aromatic N) is 4. The van der Waals surface area contributed by atoms with Crippen molar-refractivity contribution < 1.29 is 14.3 Å². The number of amides is 1. The molecule has 134 valence electrons. The zero-order valence-electron chi connectivity index (χ0n) is 14.2. The van der Waals surface area contributed by atoms with Crippen LogP contribution in [-0.2, 0) is 11.3 Å². The molecular formula is C17H22FN5O2. The quantitative estimate of drug-likeness (QED) is 0.839. The normalized spacial score (nSPS) is 20.5. The molecule has 8 heteroatoms. The summed E-state index contributed by atoms with van der Waals surface area (Å²) in [5.74, 6) is 0.0311. The zero-order valence-corrected chi connectivity index (χ0v) is 14.2. The predicted octanol–water partition coefficient (Wildman–Crippen LogP) is 0.873. The van der Waals surface area contributed by atoms with Crippen molar-refractivity contribution >= 4 is 11.7 Å². The minimum Gasteiger partial charge on any atom is -0.386 e. The van der Waals surface area contributed by atoms with Crippen LogP contribution < -0.4 is 10.2 Å². The summed E-state index contributed by atoms with van der Waals surface area (Å²) in [6.45, 7) is 3.26. The van der Waals surface area contributed by atoms with Crippen LogP contribution in [0.4, 0.5) is 10.2 Å². The van der Waals surface area contributed by atoms with Crippen molar-refractivity contribution in [1.29, 1.82) is 0 Å². The third kappa shape index (κ3) is 4.54. The van der Waals surface area contributed by atoms with Gasteiger partial charge in [-0.1, -0.05) is 0 Å². The number of carbonyl (C=O) groups is 1. The van der Waals surface area contributed by atoms with E-state index in [9.17, 15) is 14.3 Å².